The minimum absolute atomic E-state index is 0.156. The Morgan fingerprint density at radius 1 is 1.46 bits per heavy atom. The molecule has 5 heteroatoms. The maximum atomic E-state index is 11.7. The van der Waals surface area contributed by atoms with Crippen molar-refractivity contribution in [3.05, 3.63) is 29.8 Å². The molecule has 0 N–H and O–H groups in total. The first-order valence-electron chi connectivity index (χ1n) is 3.24. The third kappa shape index (κ3) is 2.77. The van der Waals surface area contributed by atoms with Gasteiger partial charge in [-0.3, -0.25) is 4.79 Å². The van der Waals surface area contributed by atoms with E-state index < -0.39 is 12.1 Å². The van der Waals surface area contributed by atoms with Gasteiger partial charge >= 0.3 is 6.36 Å². The van der Waals surface area contributed by atoms with Crippen LogP contribution in [0.5, 0.6) is 5.75 Å². The summed E-state index contributed by atoms with van der Waals surface area (Å²) in [6, 6.07) is 5.84. The van der Waals surface area contributed by atoms with Crippen LogP contribution in [0.4, 0.5) is 13.2 Å². The van der Waals surface area contributed by atoms with Crippen LogP contribution >= 0.6 is 0 Å². The Kier molecular flexibility index (Phi) is 2.55. The van der Waals surface area contributed by atoms with Gasteiger partial charge in [0.25, 0.3) is 0 Å². The van der Waals surface area contributed by atoms with Gasteiger partial charge < -0.3 is 4.74 Å². The standard InChI is InChI=1S/C8H4F3O2/c9-8(10,11)13-7-4-2-1-3-6(7)5-12/h1,3-5H. The van der Waals surface area contributed by atoms with Gasteiger partial charge in [-0.15, -0.1) is 13.2 Å². The molecule has 0 fully saturated rings. The molecule has 2 nitrogen and oxygen atoms in total. The van der Waals surface area contributed by atoms with E-state index in [0.717, 1.165) is 6.07 Å². The number of hydrogen-bond acceptors (Lipinski definition) is 2. The molecule has 0 heterocycles. The molecule has 0 aliphatic carbocycles. The molecule has 0 aromatic heterocycles. The van der Waals surface area contributed by atoms with E-state index in [0.29, 0.717) is 0 Å². The largest absolute Gasteiger partial charge is 0.573 e. The molecule has 0 unspecified atom stereocenters. The summed E-state index contributed by atoms with van der Waals surface area (Å²) in [4.78, 5) is 10.3. The Balaban J connectivity index is 2.94. The summed E-state index contributed by atoms with van der Waals surface area (Å²) in [6.45, 7) is 0. The molecular weight excluding hydrogens is 185 g/mol. The number of carbonyl (C=O) groups excluding carboxylic acids is 1. The molecule has 1 radical (unpaired) electrons. The number of carbonyl (C=O) groups is 1. The van der Waals surface area contributed by atoms with Crippen LogP contribution in [-0.2, 0) is 0 Å². The maximum Gasteiger partial charge on any atom is 0.573 e. The minimum Gasteiger partial charge on any atom is -0.405 e. The molecular formula is C8H4F3O2. The van der Waals surface area contributed by atoms with Gasteiger partial charge in [0, 0.05) is 0 Å². The molecule has 0 aliphatic heterocycles. The highest BCUT2D eigenvalue weighted by atomic mass is 19.4. The molecule has 0 amide bonds. The first-order chi connectivity index (χ1) is 6.03. The zero-order chi connectivity index (χ0) is 9.90. The Labute approximate surface area is 71.9 Å². The highest BCUT2D eigenvalue weighted by Gasteiger charge is 2.31. The van der Waals surface area contributed by atoms with E-state index in [4.69, 9.17) is 0 Å². The van der Waals surface area contributed by atoms with Crippen LogP contribution in [0.15, 0.2) is 18.2 Å². The molecule has 13 heavy (non-hydrogen) atoms. The topological polar surface area (TPSA) is 26.3 Å². The van der Waals surface area contributed by atoms with Crippen LogP contribution in [0.25, 0.3) is 0 Å². The molecule has 0 atom stereocenters. The highest BCUT2D eigenvalue weighted by molar-refractivity contribution is 5.79. The van der Waals surface area contributed by atoms with Crippen LogP contribution in [0.2, 0.25) is 0 Å². The lowest BCUT2D eigenvalue weighted by Crippen LogP contribution is -2.18. The average molecular weight is 189 g/mol. The molecule has 0 aliphatic rings. The van der Waals surface area contributed by atoms with Gasteiger partial charge in [0.15, 0.2) is 6.29 Å². The fourth-order valence-corrected chi connectivity index (χ4v) is 0.738. The normalized spacial score (nSPS) is 11.0. The monoisotopic (exact) mass is 189 g/mol. The summed E-state index contributed by atoms with van der Waals surface area (Å²) >= 11 is 0. The van der Waals surface area contributed by atoms with Gasteiger partial charge in [-0.1, -0.05) is 6.07 Å². The lowest BCUT2D eigenvalue weighted by atomic mass is 10.2. The first kappa shape index (κ1) is 9.57. The zero-order valence-corrected chi connectivity index (χ0v) is 6.26. The van der Waals surface area contributed by atoms with Crippen LogP contribution in [0.3, 0.4) is 0 Å². The Morgan fingerprint density at radius 2 is 2.15 bits per heavy atom. The predicted molar refractivity (Wildman–Crippen MR) is 37.3 cm³/mol. The van der Waals surface area contributed by atoms with Gasteiger partial charge in [-0.05, 0) is 18.2 Å². The maximum absolute atomic E-state index is 11.7. The Morgan fingerprint density at radius 3 is 2.69 bits per heavy atom. The second-order valence-corrected chi connectivity index (χ2v) is 2.13. The van der Waals surface area contributed by atoms with E-state index in [1.165, 1.54) is 12.1 Å². The average Bonchev–Trinajstić information content (AvgIpc) is 2.02. The van der Waals surface area contributed by atoms with Crippen molar-refractivity contribution in [3.63, 3.8) is 0 Å². The summed E-state index contributed by atoms with van der Waals surface area (Å²) in [7, 11) is 0. The summed E-state index contributed by atoms with van der Waals surface area (Å²) in [5.74, 6) is -0.537. The van der Waals surface area contributed by atoms with E-state index in [1.807, 2.05) is 0 Å². The smallest absolute Gasteiger partial charge is 0.405 e. The third-order valence-electron chi connectivity index (χ3n) is 1.21. The fourth-order valence-electron chi connectivity index (χ4n) is 0.738. The third-order valence-corrected chi connectivity index (χ3v) is 1.21. The number of hydrogen-bond donors (Lipinski definition) is 0. The van der Waals surface area contributed by atoms with E-state index in [-0.39, 0.29) is 11.8 Å². The number of alkyl halides is 3. The Bertz CT molecular complexity index is 307. The Hall–Kier alpha value is -1.52. The number of benzene rings is 1. The fraction of sp³-hybridized carbons (Fsp3) is 0.125. The van der Waals surface area contributed by atoms with Crippen molar-refractivity contribution in [2.45, 2.75) is 6.36 Å². The molecule has 1 aromatic rings. The van der Waals surface area contributed by atoms with Crippen molar-refractivity contribution in [2.24, 2.45) is 0 Å². The van der Waals surface area contributed by atoms with Gasteiger partial charge in [-0.2, -0.15) is 0 Å². The summed E-state index contributed by atoms with van der Waals surface area (Å²) in [5.41, 5.74) is -0.156. The molecule has 0 spiro atoms. The van der Waals surface area contributed by atoms with Crippen molar-refractivity contribution in [1.29, 1.82) is 0 Å². The zero-order valence-electron chi connectivity index (χ0n) is 6.26. The van der Waals surface area contributed by atoms with Gasteiger partial charge in [0.2, 0.25) is 0 Å². The van der Waals surface area contributed by atoms with Crippen LogP contribution < -0.4 is 4.74 Å². The second-order valence-electron chi connectivity index (χ2n) is 2.13. The number of halogens is 3. The van der Waals surface area contributed by atoms with Crippen molar-refractivity contribution >= 4 is 6.29 Å². The SMILES string of the molecule is O=Cc1cc[c]cc1OC(F)(F)F. The number of aldehydes is 1. The van der Waals surface area contributed by atoms with E-state index in [2.05, 4.69) is 10.8 Å². The minimum atomic E-state index is -4.78. The molecule has 1 aromatic carbocycles. The summed E-state index contributed by atoms with van der Waals surface area (Å²) < 4.78 is 38.7. The predicted octanol–water partition coefficient (Wildman–Crippen LogP) is 2.20. The summed E-state index contributed by atoms with van der Waals surface area (Å²) in [5, 5.41) is 0. The molecule has 0 saturated carbocycles. The second kappa shape index (κ2) is 3.47. The van der Waals surface area contributed by atoms with Crippen LogP contribution in [0.1, 0.15) is 10.4 Å². The van der Waals surface area contributed by atoms with E-state index >= 15 is 0 Å². The molecule has 0 bridgehead atoms. The molecule has 0 saturated heterocycles. The highest BCUT2D eigenvalue weighted by Crippen LogP contribution is 2.24. The lowest BCUT2D eigenvalue weighted by molar-refractivity contribution is -0.274. The van der Waals surface area contributed by atoms with Crippen LogP contribution in [-0.4, -0.2) is 12.6 Å². The van der Waals surface area contributed by atoms with Gasteiger partial charge in [-0.25, -0.2) is 0 Å². The quantitative estimate of drug-likeness (QED) is 0.666. The lowest BCUT2D eigenvalue weighted by Gasteiger charge is -2.09. The summed E-state index contributed by atoms with van der Waals surface area (Å²) in [6.07, 6.45) is -4.50. The molecule has 1 rings (SSSR count). The van der Waals surface area contributed by atoms with E-state index in [1.54, 1.807) is 0 Å². The number of ether oxygens (including phenoxy) is 1. The number of rotatable bonds is 2. The van der Waals surface area contributed by atoms with Gasteiger partial charge in [0.1, 0.15) is 5.75 Å². The van der Waals surface area contributed by atoms with Crippen molar-refractivity contribution in [2.75, 3.05) is 0 Å². The van der Waals surface area contributed by atoms with Crippen molar-refractivity contribution in [1.82, 2.24) is 0 Å². The van der Waals surface area contributed by atoms with Crippen LogP contribution in [0, 0.1) is 6.07 Å². The van der Waals surface area contributed by atoms with Crippen molar-refractivity contribution < 1.29 is 22.7 Å². The van der Waals surface area contributed by atoms with Gasteiger partial charge in [0.05, 0.1) is 5.56 Å². The molecule has 69 valence electrons. The van der Waals surface area contributed by atoms with E-state index in [9.17, 15) is 18.0 Å². The van der Waals surface area contributed by atoms with Crippen molar-refractivity contribution in [3.8, 4) is 5.75 Å². The first-order valence-corrected chi connectivity index (χ1v) is 3.24.